The normalized spacial score (nSPS) is 14.4. The van der Waals surface area contributed by atoms with E-state index in [4.69, 9.17) is 16.0 Å². The van der Waals surface area contributed by atoms with Gasteiger partial charge in [0.25, 0.3) is 5.91 Å². The van der Waals surface area contributed by atoms with Gasteiger partial charge in [-0.2, -0.15) is 0 Å². The van der Waals surface area contributed by atoms with Crippen LogP contribution >= 0.6 is 11.6 Å². The van der Waals surface area contributed by atoms with Gasteiger partial charge in [-0.05, 0) is 67.3 Å². The Hall–Kier alpha value is -3.11. The van der Waals surface area contributed by atoms with Crippen molar-refractivity contribution in [1.29, 1.82) is 0 Å². The minimum absolute atomic E-state index is 0.0360. The highest BCUT2D eigenvalue weighted by Crippen LogP contribution is 2.41. The van der Waals surface area contributed by atoms with Crippen LogP contribution in [0.4, 0.5) is 0 Å². The second kappa shape index (κ2) is 7.86. The van der Waals surface area contributed by atoms with Crippen molar-refractivity contribution in [2.24, 2.45) is 0 Å². The smallest absolute Gasteiger partial charge is 0.251 e. The molecule has 0 aromatic heterocycles. The molecule has 0 bridgehead atoms. The first kappa shape index (κ1) is 19.8. The molecule has 156 valence electrons. The number of fused-ring (bicyclic) bond motifs is 2. The van der Waals surface area contributed by atoms with Crippen molar-refractivity contribution in [2.45, 2.75) is 38.6 Å². The molecular weight excluding hydrogens is 410 g/mol. The number of hydrogen-bond donors (Lipinski definition) is 1. The van der Waals surface area contributed by atoms with E-state index in [0.717, 1.165) is 34.9 Å². The van der Waals surface area contributed by atoms with Crippen LogP contribution in [0.1, 0.15) is 41.6 Å². The number of rotatable bonds is 3. The summed E-state index contributed by atoms with van der Waals surface area (Å²) in [6, 6.07) is 16.7. The van der Waals surface area contributed by atoms with Crippen LogP contribution in [0.3, 0.4) is 0 Å². The molecule has 1 saturated carbocycles. The lowest BCUT2D eigenvalue weighted by molar-refractivity contribution is 0.0938. The van der Waals surface area contributed by atoms with Crippen molar-refractivity contribution in [3.63, 3.8) is 0 Å². The number of nitrogens with one attached hydrogen (secondary N) is 1. The van der Waals surface area contributed by atoms with Gasteiger partial charge in [-0.3, -0.25) is 9.59 Å². The maximum Gasteiger partial charge on any atom is 0.251 e. The van der Waals surface area contributed by atoms with E-state index in [1.807, 2.05) is 42.5 Å². The third-order valence-electron chi connectivity index (χ3n) is 6.10. The average molecular weight is 432 g/mol. The molecule has 31 heavy (non-hydrogen) atoms. The molecule has 4 nitrogen and oxygen atoms in total. The van der Waals surface area contributed by atoms with Crippen LogP contribution in [0.25, 0.3) is 33.4 Å². The zero-order chi connectivity index (χ0) is 21.5. The molecule has 1 N–H and O–H groups in total. The van der Waals surface area contributed by atoms with Crippen LogP contribution < -0.4 is 10.7 Å². The third-order valence-corrected chi connectivity index (χ3v) is 6.34. The molecule has 1 heterocycles. The third kappa shape index (κ3) is 3.72. The van der Waals surface area contributed by atoms with Gasteiger partial charge in [-0.15, -0.1) is 0 Å². The van der Waals surface area contributed by atoms with Crippen LogP contribution in [0.5, 0.6) is 0 Å². The lowest BCUT2D eigenvalue weighted by Gasteiger charge is -2.16. The van der Waals surface area contributed by atoms with E-state index in [2.05, 4.69) is 5.32 Å². The number of carbonyl (C=O) groups excluding carboxylic acids is 1. The molecule has 2 aliphatic carbocycles. The number of benzene rings is 3. The highest BCUT2D eigenvalue weighted by molar-refractivity contribution is 6.31. The van der Waals surface area contributed by atoms with Gasteiger partial charge in [-0.25, -0.2) is 0 Å². The predicted octanol–water partition coefficient (Wildman–Crippen LogP) is 6.20. The van der Waals surface area contributed by atoms with E-state index in [1.165, 1.54) is 18.9 Å². The molecule has 0 saturated heterocycles. The van der Waals surface area contributed by atoms with Crippen molar-refractivity contribution < 1.29 is 9.21 Å². The molecule has 5 heteroatoms. The number of hydrogen-bond acceptors (Lipinski definition) is 3. The molecule has 1 amide bonds. The standard InChI is InChI=1S/C26H22ClNO3/c1-15-12-20-24(14-22(15)29)31-23-11-10-18(27)13-21(23)25(20)16-6-8-17(9-7-16)26(30)28-19-4-2-3-5-19/h6-14,19H,2-5H2,1H3,(H,28,30). The summed E-state index contributed by atoms with van der Waals surface area (Å²) in [5.74, 6) is 0.495. The summed E-state index contributed by atoms with van der Waals surface area (Å²) in [6.07, 6.45) is 4.46. The topological polar surface area (TPSA) is 59.3 Å². The van der Waals surface area contributed by atoms with Crippen LogP contribution in [0, 0.1) is 6.92 Å². The van der Waals surface area contributed by atoms with E-state index in [9.17, 15) is 9.59 Å². The maximum atomic E-state index is 12.6. The molecule has 1 aliphatic heterocycles. The van der Waals surface area contributed by atoms with Gasteiger partial charge < -0.3 is 9.73 Å². The summed E-state index contributed by atoms with van der Waals surface area (Å²) in [4.78, 5) is 24.8. The summed E-state index contributed by atoms with van der Waals surface area (Å²) < 4.78 is 6.01. The van der Waals surface area contributed by atoms with Crippen LogP contribution in [0.2, 0.25) is 5.02 Å². The zero-order valence-electron chi connectivity index (χ0n) is 17.2. The fourth-order valence-corrected chi connectivity index (χ4v) is 4.61. The van der Waals surface area contributed by atoms with Gasteiger partial charge in [-0.1, -0.05) is 36.6 Å². The summed E-state index contributed by atoms with van der Waals surface area (Å²) in [5, 5.41) is 4.60. The van der Waals surface area contributed by atoms with E-state index in [0.29, 0.717) is 27.5 Å². The minimum Gasteiger partial charge on any atom is -0.456 e. The summed E-state index contributed by atoms with van der Waals surface area (Å²) in [5.41, 5.74) is 4.59. The first-order chi connectivity index (χ1) is 15.0. The Kier molecular flexibility index (Phi) is 5.03. The van der Waals surface area contributed by atoms with Gasteiger partial charge >= 0.3 is 0 Å². The molecule has 3 aliphatic rings. The van der Waals surface area contributed by atoms with Crippen LogP contribution in [-0.4, -0.2) is 11.9 Å². The van der Waals surface area contributed by atoms with E-state index in [1.54, 1.807) is 13.0 Å². The molecule has 0 spiro atoms. The Morgan fingerprint density at radius 3 is 2.52 bits per heavy atom. The van der Waals surface area contributed by atoms with Crippen molar-refractivity contribution in [2.75, 3.05) is 0 Å². The quantitative estimate of drug-likeness (QED) is 0.393. The predicted molar refractivity (Wildman–Crippen MR) is 124 cm³/mol. The lowest BCUT2D eigenvalue weighted by Crippen LogP contribution is -2.32. The molecule has 2 aromatic rings. The molecule has 0 radical (unpaired) electrons. The SMILES string of the molecule is Cc1cc2c(-c3ccc(C(=O)NC4CCCC4)cc3)c3cc(Cl)ccc3oc-2cc1=O. The maximum absolute atomic E-state index is 12.6. The average Bonchev–Trinajstić information content (AvgIpc) is 3.27. The first-order valence-corrected chi connectivity index (χ1v) is 11.0. The Morgan fingerprint density at radius 2 is 1.77 bits per heavy atom. The molecule has 0 unspecified atom stereocenters. The van der Waals surface area contributed by atoms with Gasteiger partial charge in [0.15, 0.2) is 5.43 Å². The summed E-state index contributed by atoms with van der Waals surface area (Å²) in [6.45, 7) is 1.80. The van der Waals surface area contributed by atoms with E-state index >= 15 is 0 Å². The largest absolute Gasteiger partial charge is 0.456 e. The number of halogens is 1. The zero-order valence-corrected chi connectivity index (χ0v) is 18.0. The van der Waals surface area contributed by atoms with E-state index < -0.39 is 0 Å². The Balaban J connectivity index is 1.62. The van der Waals surface area contributed by atoms with Crippen LogP contribution in [-0.2, 0) is 0 Å². The van der Waals surface area contributed by atoms with Crippen LogP contribution in [0.15, 0.2) is 63.8 Å². The van der Waals surface area contributed by atoms with Crippen molar-refractivity contribution in [1.82, 2.24) is 5.32 Å². The molecule has 0 atom stereocenters. The molecule has 5 rings (SSSR count). The second-order valence-corrected chi connectivity index (χ2v) is 8.70. The fraction of sp³-hybridized carbons (Fsp3) is 0.231. The summed E-state index contributed by atoms with van der Waals surface area (Å²) in [7, 11) is 0. The van der Waals surface area contributed by atoms with Gasteiger partial charge in [0.2, 0.25) is 0 Å². The first-order valence-electron chi connectivity index (χ1n) is 10.6. The van der Waals surface area contributed by atoms with Gasteiger partial charge in [0, 0.05) is 39.2 Å². The Labute approximate surface area is 185 Å². The fourth-order valence-electron chi connectivity index (χ4n) is 4.44. The monoisotopic (exact) mass is 431 g/mol. The molecular formula is C26H22ClNO3. The number of carbonyl (C=O) groups is 1. The minimum atomic E-state index is -0.0607. The lowest BCUT2D eigenvalue weighted by atomic mass is 9.92. The highest BCUT2D eigenvalue weighted by Gasteiger charge is 2.20. The van der Waals surface area contributed by atoms with Crippen molar-refractivity contribution in [3.05, 3.63) is 81.0 Å². The summed E-state index contributed by atoms with van der Waals surface area (Å²) >= 11 is 6.29. The van der Waals surface area contributed by atoms with Crippen molar-refractivity contribution >= 4 is 28.5 Å². The number of aryl methyl sites for hydroxylation is 1. The Morgan fingerprint density at radius 1 is 1.03 bits per heavy atom. The Bertz CT molecular complexity index is 1320. The molecule has 1 fully saturated rings. The molecule has 2 aromatic carbocycles. The van der Waals surface area contributed by atoms with Gasteiger partial charge in [0.05, 0.1) is 0 Å². The number of amides is 1. The van der Waals surface area contributed by atoms with Crippen molar-refractivity contribution in [3.8, 4) is 22.5 Å². The van der Waals surface area contributed by atoms with Gasteiger partial charge in [0.1, 0.15) is 11.3 Å². The second-order valence-electron chi connectivity index (χ2n) is 8.26. The highest BCUT2D eigenvalue weighted by atomic mass is 35.5. The van der Waals surface area contributed by atoms with E-state index in [-0.39, 0.29) is 17.4 Å².